The molecule has 1 saturated carbocycles. The van der Waals surface area contributed by atoms with Crippen molar-refractivity contribution in [3.8, 4) is 0 Å². The van der Waals surface area contributed by atoms with E-state index in [-0.39, 0.29) is 12.8 Å². The van der Waals surface area contributed by atoms with Gasteiger partial charge < -0.3 is 39.9 Å². The summed E-state index contributed by atoms with van der Waals surface area (Å²) in [7, 11) is -5.13. The fourth-order valence-electron chi connectivity index (χ4n) is 6.68. The molecular weight excluding hydrogens is 803 g/mol. The van der Waals surface area contributed by atoms with Gasteiger partial charge in [-0.1, -0.05) is 164 Å². The van der Waals surface area contributed by atoms with Gasteiger partial charge in [-0.15, -0.1) is 0 Å². The van der Waals surface area contributed by atoms with E-state index in [1.54, 1.807) is 0 Å². The van der Waals surface area contributed by atoms with Gasteiger partial charge in [-0.3, -0.25) is 18.6 Å². The van der Waals surface area contributed by atoms with E-state index >= 15 is 0 Å². The second kappa shape index (κ2) is 37.0. The van der Waals surface area contributed by atoms with Crippen LogP contribution in [0.25, 0.3) is 0 Å². The van der Waals surface area contributed by atoms with Gasteiger partial charge in [-0.2, -0.15) is 0 Å². The summed E-state index contributed by atoms with van der Waals surface area (Å²) in [6.45, 7) is 3.14. The lowest BCUT2D eigenvalue weighted by molar-refractivity contribution is -0.220. The quantitative estimate of drug-likeness (QED) is 0.0149. The van der Waals surface area contributed by atoms with Crippen LogP contribution in [0.15, 0.2) is 60.8 Å². The van der Waals surface area contributed by atoms with Gasteiger partial charge >= 0.3 is 19.8 Å². The van der Waals surface area contributed by atoms with E-state index in [0.29, 0.717) is 19.3 Å². The average molecular weight is 885 g/mol. The van der Waals surface area contributed by atoms with Gasteiger partial charge in [0.05, 0.1) is 6.61 Å². The zero-order chi connectivity index (χ0) is 45.0. The van der Waals surface area contributed by atoms with Crippen molar-refractivity contribution in [2.45, 2.75) is 211 Å². The molecule has 1 rings (SSSR count). The van der Waals surface area contributed by atoms with Crippen LogP contribution in [-0.2, 0) is 32.7 Å². The van der Waals surface area contributed by atoms with E-state index < -0.39 is 75.7 Å². The first kappa shape index (κ1) is 56.6. The minimum Gasteiger partial charge on any atom is -0.462 e. The number of hydrogen-bond acceptors (Lipinski definition) is 12. The number of unbranched alkanes of at least 4 members (excludes halogenated alkanes) is 15. The van der Waals surface area contributed by atoms with Crippen LogP contribution in [0.1, 0.15) is 168 Å². The highest BCUT2D eigenvalue weighted by Crippen LogP contribution is 2.47. The van der Waals surface area contributed by atoms with E-state index in [1.165, 1.54) is 70.6 Å². The number of carbonyl (C=O) groups excluding carboxylic acids is 2. The van der Waals surface area contributed by atoms with Gasteiger partial charge in [-0.25, -0.2) is 4.57 Å². The summed E-state index contributed by atoms with van der Waals surface area (Å²) in [5, 5.41) is 50.1. The minimum absolute atomic E-state index is 0.0176. The third-order valence-electron chi connectivity index (χ3n) is 10.4. The zero-order valence-electron chi connectivity index (χ0n) is 37.2. The molecule has 0 saturated heterocycles. The highest BCUT2D eigenvalue weighted by molar-refractivity contribution is 7.47. The van der Waals surface area contributed by atoms with E-state index in [4.69, 9.17) is 18.5 Å². The molecule has 352 valence electrons. The number of carbonyl (C=O) groups is 2. The highest BCUT2D eigenvalue weighted by atomic mass is 31.2. The minimum atomic E-state index is -5.13. The third kappa shape index (κ3) is 29.5. The van der Waals surface area contributed by atoms with Gasteiger partial charge in [0.2, 0.25) is 0 Å². The fourth-order valence-corrected chi connectivity index (χ4v) is 7.65. The summed E-state index contributed by atoms with van der Waals surface area (Å²) < 4.78 is 33.5. The van der Waals surface area contributed by atoms with Gasteiger partial charge in [0.1, 0.15) is 43.2 Å². The number of ether oxygens (including phenoxy) is 2. The average Bonchev–Trinajstić information content (AvgIpc) is 3.24. The number of esters is 2. The van der Waals surface area contributed by atoms with Crippen LogP contribution in [0, 0.1) is 0 Å². The summed E-state index contributed by atoms with van der Waals surface area (Å²) in [6, 6.07) is 0. The lowest BCUT2D eigenvalue weighted by Crippen LogP contribution is -2.64. The largest absolute Gasteiger partial charge is 0.472 e. The number of rotatable bonds is 37. The number of allylic oxidation sites excluding steroid dienone is 10. The van der Waals surface area contributed by atoms with Gasteiger partial charge in [-0.05, 0) is 51.4 Å². The molecule has 0 amide bonds. The maximum Gasteiger partial charge on any atom is 0.472 e. The first-order chi connectivity index (χ1) is 29.4. The monoisotopic (exact) mass is 885 g/mol. The number of aliphatic hydroxyl groups excluding tert-OH is 5. The van der Waals surface area contributed by atoms with Crippen molar-refractivity contribution < 1.29 is 63.1 Å². The van der Waals surface area contributed by atoms with Gasteiger partial charge in [0, 0.05) is 12.8 Å². The number of aliphatic hydroxyl groups is 5. The molecule has 1 aliphatic rings. The summed E-state index contributed by atoms with van der Waals surface area (Å²) in [5.74, 6) is -1.17. The second-order valence-electron chi connectivity index (χ2n) is 15.9. The molecule has 6 N–H and O–H groups in total. The zero-order valence-corrected chi connectivity index (χ0v) is 38.1. The molecule has 0 aromatic rings. The van der Waals surface area contributed by atoms with Crippen molar-refractivity contribution in [1.82, 2.24) is 0 Å². The number of phosphoric acid groups is 1. The summed E-state index contributed by atoms with van der Waals surface area (Å²) in [6.07, 6.45) is 31.4. The standard InChI is InChI=1S/C47H81O13P/c1-3-5-7-9-11-13-15-17-19-20-22-24-26-28-30-32-34-36-41(49)59-39(38-58-61(55,56)60-47-45(53)43(51)42(50)44(52)46(47)54)37-57-40(48)35-33-31-29-27-25-23-21-18-16-14-12-10-8-6-4-2/h5,7,11,13,17,19,22,24,28,30,39,42-47,50-54H,3-4,6,8-10,12,14-16,18,20-21,23,25-27,29,31-38H2,1-2H3,(H,55,56). The third-order valence-corrected chi connectivity index (χ3v) is 11.4. The Kier molecular flexibility index (Phi) is 34.3. The maximum absolute atomic E-state index is 12.8. The van der Waals surface area contributed by atoms with Crippen molar-refractivity contribution in [1.29, 1.82) is 0 Å². The van der Waals surface area contributed by atoms with Crippen molar-refractivity contribution in [2.24, 2.45) is 0 Å². The molecule has 61 heavy (non-hydrogen) atoms. The molecule has 1 fully saturated rings. The molecule has 0 bridgehead atoms. The van der Waals surface area contributed by atoms with Gasteiger partial charge in [0.15, 0.2) is 6.10 Å². The highest BCUT2D eigenvalue weighted by Gasteiger charge is 2.51. The van der Waals surface area contributed by atoms with Crippen molar-refractivity contribution >= 4 is 19.8 Å². The molecule has 14 heteroatoms. The first-order valence-electron chi connectivity index (χ1n) is 23.1. The normalized spacial score (nSPS) is 22.6. The molecule has 0 aromatic carbocycles. The molecule has 0 heterocycles. The van der Waals surface area contributed by atoms with Crippen LogP contribution in [0.4, 0.5) is 0 Å². The van der Waals surface area contributed by atoms with Crippen LogP contribution in [0.2, 0.25) is 0 Å². The Labute approximate surface area is 366 Å². The maximum atomic E-state index is 12.8. The molecule has 1 aliphatic carbocycles. The van der Waals surface area contributed by atoms with Crippen LogP contribution in [-0.4, -0.2) is 98.3 Å². The second-order valence-corrected chi connectivity index (χ2v) is 17.3. The van der Waals surface area contributed by atoms with Gasteiger partial charge in [0.25, 0.3) is 0 Å². The van der Waals surface area contributed by atoms with Crippen LogP contribution in [0.3, 0.4) is 0 Å². The van der Waals surface area contributed by atoms with E-state index in [2.05, 4.69) is 62.5 Å². The Bertz CT molecular complexity index is 1300. The van der Waals surface area contributed by atoms with E-state index in [1.807, 2.05) is 12.2 Å². The molecule has 6 unspecified atom stereocenters. The van der Waals surface area contributed by atoms with Crippen LogP contribution >= 0.6 is 7.82 Å². The van der Waals surface area contributed by atoms with Crippen LogP contribution < -0.4 is 0 Å². The molecule has 0 aliphatic heterocycles. The SMILES string of the molecule is CCC=CCC=CCC=CCC=CCC=CCCCC(=O)OC(COC(=O)CCCCCCCCCCCCCCCCC)COP(=O)(O)OC1C(O)C(O)C(O)C(O)C1O. The summed E-state index contributed by atoms with van der Waals surface area (Å²) in [5.41, 5.74) is 0. The molecule has 13 nitrogen and oxygen atoms in total. The summed E-state index contributed by atoms with van der Waals surface area (Å²) in [4.78, 5) is 35.7. The molecule has 0 aromatic heterocycles. The molecular formula is C47H81O13P. The predicted molar refractivity (Wildman–Crippen MR) is 239 cm³/mol. The van der Waals surface area contributed by atoms with Crippen molar-refractivity contribution in [3.05, 3.63) is 60.8 Å². The van der Waals surface area contributed by atoms with Crippen LogP contribution in [0.5, 0.6) is 0 Å². The Morgan fingerprint density at radius 1 is 0.525 bits per heavy atom. The number of hydrogen-bond donors (Lipinski definition) is 6. The van der Waals surface area contributed by atoms with Crippen molar-refractivity contribution in [2.75, 3.05) is 13.2 Å². The van der Waals surface area contributed by atoms with Crippen molar-refractivity contribution in [3.63, 3.8) is 0 Å². The topological polar surface area (TPSA) is 210 Å². The fraction of sp³-hybridized carbons (Fsp3) is 0.745. The smallest absolute Gasteiger partial charge is 0.462 e. The lowest BCUT2D eigenvalue weighted by Gasteiger charge is -2.41. The predicted octanol–water partition coefficient (Wildman–Crippen LogP) is 8.94. The lowest BCUT2D eigenvalue weighted by atomic mass is 9.85. The Balaban J connectivity index is 2.51. The summed E-state index contributed by atoms with van der Waals surface area (Å²) >= 11 is 0. The number of phosphoric ester groups is 1. The van der Waals surface area contributed by atoms with E-state index in [0.717, 1.165) is 51.4 Å². The molecule has 0 radical (unpaired) electrons. The molecule has 0 spiro atoms. The Morgan fingerprint density at radius 2 is 0.934 bits per heavy atom. The molecule has 6 atom stereocenters. The van der Waals surface area contributed by atoms with E-state index in [9.17, 15) is 44.6 Å². The Morgan fingerprint density at radius 3 is 1.41 bits per heavy atom. The Hall–Kier alpha value is -2.45. The first-order valence-corrected chi connectivity index (χ1v) is 24.6.